The van der Waals surface area contributed by atoms with Gasteiger partial charge in [-0.1, -0.05) is 54.6 Å². The first kappa shape index (κ1) is 13.2. The third-order valence-electron chi connectivity index (χ3n) is 2.31. The number of nitrogens with zero attached hydrogens (tertiary/aromatic N) is 1. The Morgan fingerprint density at radius 1 is 1.12 bits per heavy atom. The van der Waals surface area contributed by atoms with Gasteiger partial charge in [0.05, 0.1) is 0 Å². The van der Waals surface area contributed by atoms with E-state index in [-0.39, 0.29) is 0 Å². The molecule has 0 aromatic heterocycles. The van der Waals surface area contributed by atoms with Crippen molar-refractivity contribution in [1.82, 2.24) is 0 Å². The fourth-order valence-corrected chi connectivity index (χ4v) is 1.32. The molecule has 0 atom stereocenters. The van der Waals surface area contributed by atoms with Crippen molar-refractivity contribution in [2.24, 2.45) is 4.99 Å². The van der Waals surface area contributed by atoms with E-state index < -0.39 is 0 Å². The summed E-state index contributed by atoms with van der Waals surface area (Å²) in [6, 6.07) is 8.22. The Morgan fingerprint density at radius 2 is 1.94 bits per heavy atom. The van der Waals surface area contributed by atoms with E-state index in [1.165, 1.54) is 11.1 Å². The van der Waals surface area contributed by atoms with Gasteiger partial charge in [-0.25, -0.2) is 0 Å². The third kappa shape index (κ3) is 5.67. The average molecular weight is 225 g/mol. The summed E-state index contributed by atoms with van der Waals surface area (Å²) in [5.41, 5.74) is 2.42. The zero-order chi connectivity index (χ0) is 12.3. The number of aliphatic imine (C=N–C) groups is 1. The van der Waals surface area contributed by atoms with Gasteiger partial charge < -0.3 is 0 Å². The van der Waals surface area contributed by atoms with Gasteiger partial charge in [0, 0.05) is 12.4 Å². The minimum absolute atomic E-state index is 0.912. The summed E-state index contributed by atoms with van der Waals surface area (Å²) in [7, 11) is 0. The Morgan fingerprint density at radius 3 is 2.71 bits per heavy atom. The van der Waals surface area contributed by atoms with Gasteiger partial charge in [-0.15, -0.1) is 0 Å². The minimum atomic E-state index is 0.912. The van der Waals surface area contributed by atoms with Crippen LogP contribution in [0.5, 0.6) is 0 Å². The van der Waals surface area contributed by atoms with Gasteiger partial charge in [-0.2, -0.15) is 0 Å². The van der Waals surface area contributed by atoms with E-state index >= 15 is 0 Å². The van der Waals surface area contributed by atoms with Crippen LogP contribution in [0, 0.1) is 6.92 Å². The number of benzene rings is 1. The quantitative estimate of drug-likeness (QED) is 0.518. The second-order valence-corrected chi connectivity index (χ2v) is 3.71. The van der Waals surface area contributed by atoms with Crippen molar-refractivity contribution in [3.63, 3.8) is 0 Å². The summed E-state index contributed by atoms with van der Waals surface area (Å²) >= 11 is 0. The number of allylic oxidation sites excluding steroid dienone is 5. The smallest absolute Gasteiger partial charge is 0.0342 e. The fraction of sp³-hybridized carbons (Fsp3) is 0.188. The molecule has 1 heteroatoms. The van der Waals surface area contributed by atoms with Crippen LogP contribution >= 0.6 is 0 Å². The number of aryl methyl sites for hydroxylation is 1. The molecule has 1 aromatic carbocycles. The molecule has 0 bridgehead atoms. The molecule has 1 nitrogen and oxygen atoms in total. The summed E-state index contributed by atoms with van der Waals surface area (Å²) in [5.74, 6) is 0. The number of hydrogen-bond acceptors (Lipinski definition) is 1. The molecular weight excluding hydrogens is 206 g/mol. The number of rotatable bonds is 5. The van der Waals surface area contributed by atoms with Crippen LogP contribution in [0.2, 0.25) is 0 Å². The van der Waals surface area contributed by atoms with Crippen LogP contribution in [0.25, 0.3) is 0 Å². The molecule has 1 aromatic rings. The second-order valence-electron chi connectivity index (χ2n) is 3.71. The predicted octanol–water partition coefficient (Wildman–Crippen LogP) is 4.45. The lowest BCUT2D eigenvalue weighted by Crippen LogP contribution is -1.84. The Labute approximate surface area is 104 Å². The maximum atomic E-state index is 4.26. The molecular formula is C16H19N. The highest BCUT2D eigenvalue weighted by atomic mass is 14.7. The van der Waals surface area contributed by atoms with E-state index in [1.54, 1.807) is 0 Å². The van der Waals surface area contributed by atoms with E-state index in [2.05, 4.69) is 30.1 Å². The Balaban J connectivity index is 2.40. The summed E-state index contributed by atoms with van der Waals surface area (Å²) in [4.78, 5) is 4.26. The zero-order valence-electron chi connectivity index (χ0n) is 10.5. The Hall–Kier alpha value is -1.89. The van der Waals surface area contributed by atoms with E-state index in [1.807, 2.05) is 55.8 Å². The van der Waals surface area contributed by atoms with Gasteiger partial charge >= 0.3 is 0 Å². The molecule has 0 saturated carbocycles. The van der Waals surface area contributed by atoms with Crippen molar-refractivity contribution < 1.29 is 0 Å². The van der Waals surface area contributed by atoms with Gasteiger partial charge in [0.15, 0.2) is 0 Å². The lowest BCUT2D eigenvalue weighted by molar-refractivity contribution is 1.36. The maximum Gasteiger partial charge on any atom is 0.0342 e. The summed E-state index contributed by atoms with van der Waals surface area (Å²) in [5, 5.41) is 0. The first-order chi connectivity index (χ1) is 8.34. The van der Waals surface area contributed by atoms with Crippen LogP contribution in [0.4, 0.5) is 0 Å². The first-order valence-electron chi connectivity index (χ1n) is 5.86. The highest BCUT2D eigenvalue weighted by Gasteiger charge is 1.89. The average Bonchev–Trinajstić information content (AvgIpc) is 2.35. The van der Waals surface area contributed by atoms with E-state index in [0.717, 1.165) is 6.42 Å². The molecule has 0 N–H and O–H groups in total. The molecule has 1 rings (SSSR count). The van der Waals surface area contributed by atoms with Crippen LogP contribution in [-0.2, 0) is 0 Å². The van der Waals surface area contributed by atoms with Crippen LogP contribution in [0.3, 0.4) is 0 Å². The monoisotopic (exact) mass is 225 g/mol. The van der Waals surface area contributed by atoms with Gasteiger partial charge in [0.1, 0.15) is 0 Å². The van der Waals surface area contributed by atoms with Crippen molar-refractivity contribution in [1.29, 1.82) is 0 Å². The maximum absolute atomic E-state index is 4.26. The molecule has 17 heavy (non-hydrogen) atoms. The molecule has 88 valence electrons. The molecule has 0 heterocycles. The molecule has 0 unspecified atom stereocenters. The largest absolute Gasteiger partial charge is 0.264 e. The highest BCUT2D eigenvalue weighted by Crippen LogP contribution is 2.03. The van der Waals surface area contributed by atoms with Gasteiger partial charge in [0.25, 0.3) is 0 Å². The Bertz CT molecular complexity index is 437. The standard InChI is InChI=1S/C16H19N/c1-3-4-5-6-7-10-13-17-14-16-12-9-8-11-15(16)2/h3-6,8-14H,7H2,1-2H3/b4-3-,6-5-,13-10+,17-14?. The summed E-state index contributed by atoms with van der Waals surface area (Å²) in [6.45, 7) is 4.09. The third-order valence-corrected chi connectivity index (χ3v) is 2.31. The van der Waals surface area contributed by atoms with Crippen molar-refractivity contribution in [2.75, 3.05) is 0 Å². The zero-order valence-corrected chi connectivity index (χ0v) is 10.5. The van der Waals surface area contributed by atoms with Gasteiger partial charge in [0.2, 0.25) is 0 Å². The van der Waals surface area contributed by atoms with Crippen LogP contribution in [-0.4, -0.2) is 6.21 Å². The van der Waals surface area contributed by atoms with Crippen molar-refractivity contribution >= 4 is 6.21 Å². The van der Waals surface area contributed by atoms with Crippen LogP contribution < -0.4 is 0 Å². The van der Waals surface area contributed by atoms with Crippen molar-refractivity contribution in [3.05, 3.63) is 72.0 Å². The predicted molar refractivity (Wildman–Crippen MR) is 76.5 cm³/mol. The second kappa shape index (κ2) is 8.28. The van der Waals surface area contributed by atoms with E-state index in [4.69, 9.17) is 0 Å². The Kier molecular flexibility index (Phi) is 6.42. The topological polar surface area (TPSA) is 12.4 Å². The fourth-order valence-electron chi connectivity index (χ4n) is 1.32. The van der Waals surface area contributed by atoms with Gasteiger partial charge in [-0.3, -0.25) is 4.99 Å². The van der Waals surface area contributed by atoms with Crippen LogP contribution in [0.15, 0.2) is 65.8 Å². The molecule has 0 aliphatic heterocycles. The van der Waals surface area contributed by atoms with Crippen LogP contribution in [0.1, 0.15) is 24.5 Å². The van der Waals surface area contributed by atoms with E-state index in [9.17, 15) is 0 Å². The molecule has 0 spiro atoms. The molecule has 0 aliphatic rings. The van der Waals surface area contributed by atoms with Crippen molar-refractivity contribution in [2.45, 2.75) is 20.3 Å². The lowest BCUT2D eigenvalue weighted by Gasteiger charge is -1.95. The summed E-state index contributed by atoms with van der Waals surface area (Å²) < 4.78 is 0. The van der Waals surface area contributed by atoms with E-state index in [0.29, 0.717) is 0 Å². The van der Waals surface area contributed by atoms with Gasteiger partial charge in [-0.05, 0) is 31.4 Å². The molecule has 0 saturated heterocycles. The molecule has 0 aliphatic carbocycles. The SMILES string of the molecule is C/C=C\C=C/C/C=C/N=Cc1ccccc1C. The summed E-state index contributed by atoms with van der Waals surface area (Å²) in [6.07, 6.45) is 14.8. The minimum Gasteiger partial charge on any atom is -0.264 e. The highest BCUT2D eigenvalue weighted by molar-refractivity contribution is 5.81. The normalized spacial score (nSPS) is 12.6. The number of hydrogen-bond donors (Lipinski definition) is 0. The molecule has 0 amide bonds. The first-order valence-corrected chi connectivity index (χ1v) is 5.86. The molecule has 0 fully saturated rings. The lowest BCUT2D eigenvalue weighted by atomic mass is 10.1. The molecule has 0 radical (unpaired) electrons. The van der Waals surface area contributed by atoms with Crippen molar-refractivity contribution in [3.8, 4) is 0 Å².